The van der Waals surface area contributed by atoms with E-state index in [2.05, 4.69) is 27.7 Å². The van der Waals surface area contributed by atoms with Crippen LogP contribution in [0.25, 0.3) is 0 Å². The Labute approximate surface area is 106 Å². The van der Waals surface area contributed by atoms with Crippen LogP contribution in [-0.4, -0.2) is 9.78 Å². The van der Waals surface area contributed by atoms with Crippen LogP contribution in [0.5, 0.6) is 0 Å². The van der Waals surface area contributed by atoms with Crippen molar-refractivity contribution in [3.63, 3.8) is 0 Å². The van der Waals surface area contributed by atoms with Crippen molar-refractivity contribution in [3.8, 4) is 0 Å². The predicted octanol–water partition coefficient (Wildman–Crippen LogP) is 2.77. The summed E-state index contributed by atoms with van der Waals surface area (Å²) in [6.07, 6.45) is 3.77. The first-order chi connectivity index (χ1) is 7.15. The highest BCUT2D eigenvalue weighted by molar-refractivity contribution is 14.1. The summed E-state index contributed by atoms with van der Waals surface area (Å²) in [4.78, 5) is 0. The SMILES string of the molecule is Nc1ccc(Cl)cc1Cn1cc(I)cn1. The minimum Gasteiger partial charge on any atom is -0.398 e. The fourth-order valence-corrected chi connectivity index (χ4v) is 1.95. The van der Waals surface area contributed by atoms with Crippen molar-refractivity contribution in [3.05, 3.63) is 44.7 Å². The quantitative estimate of drug-likeness (QED) is 0.678. The Kier molecular flexibility index (Phi) is 3.16. The van der Waals surface area contributed by atoms with E-state index in [1.54, 1.807) is 12.3 Å². The molecule has 0 saturated heterocycles. The van der Waals surface area contributed by atoms with E-state index in [-0.39, 0.29) is 0 Å². The second kappa shape index (κ2) is 4.40. The fourth-order valence-electron chi connectivity index (χ4n) is 1.31. The number of hydrogen-bond donors (Lipinski definition) is 1. The van der Waals surface area contributed by atoms with Gasteiger partial charge < -0.3 is 5.73 Å². The van der Waals surface area contributed by atoms with E-state index < -0.39 is 0 Å². The normalized spacial score (nSPS) is 10.5. The zero-order valence-electron chi connectivity index (χ0n) is 7.82. The molecule has 1 aromatic carbocycles. The van der Waals surface area contributed by atoms with Gasteiger partial charge >= 0.3 is 0 Å². The molecule has 5 heteroatoms. The molecular weight excluding hydrogens is 324 g/mol. The number of anilines is 1. The van der Waals surface area contributed by atoms with Crippen molar-refractivity contribution in [2.24, 2.45) is 0 Å². The Morgan fingerprint density at radius 2 is 2.27 bits per heavy atom. The zero-order valence-corrected chi connectivity index (χ0v) is 10.7. The molecule has 0 aliphatic rings. The van der Waals surface area contributed by atoms with Gasteiger partial charge in [-0.15, -0.1) is 0 Å². The minimum atomic E-state index is 0.648. The van der Waals surface area contributed by atoms with Crippen LogP contribution in [0.2, 0.25) is 5.02 Å². The largest absolute Gasteiger partial charge is 0.398 e. The summed E-state index contributed by atoms with van der Waals surface area (Å²) in [7, 11) is 0. The van der Waals surface area contributed by atoms with Gasteiger partial charge in [-0.05, 0) is 46.4 Å². The van der Waals surface area contributed by atoms with Gasteiger partial charge in [-0.3, -0.25) is 4.68 Å². The van der Waals surface area contributed by atoms with E-state index in [4.69, 9.17) is 17.3 Å². The first-order valence-corrected chi connectivity index (χ1v) is 5.82. The molecule has 0 atom stereocenters. The fraction of sp³-hybridized carbons (Fsp3) is 0.100. The van der Waals surface area contributed by atoms with E-state index >= 15 is 0 Å². The number of rotatable bonds is 2. The van der Waals surface area contributed by atoms with Crippen LogP contribution in [-0.2, 0) is 6.54 Å². The summed E-state index contributed by atoms with van der Waals surface area (Å²) in [5, 5.41) is 4.89. The maximum absolute atomic E-state index is 5.90. The zero-order chi connectivity index (χ0) is 10.8. The third kappa shape index (κ3) is 2.63. The van der Waals surface area contributed by atoms with E-state index in [9.17, 15) is 0 Å². The van der Waals surface area contributed by atoms with E-state index in [1.807, 2.05) is 23.0 Å². The van der Waals surface area contributed by atoms with E-state index in [0.29, 0.717) is 11.6 Å². The number of aromatic nitrogens is 2. The van der Waals surface area contributed by atoms with Crippen LogP contribution >= 0.6 is 34.2 Å². The van der Waals surface area contributed by atoms with Gasteiger partial charge in [-0.1, -0.05) is 11.6 Å². The van der Waals surface area contributed by atoms with Gasteiger partial charge in [-0.2, -0.15) is 5.10 Å². The molecule has 2 aromatic rings. The second-order valence-electron chi connectivity index (χ2n) is 3.20. The first kappa shape index (κ1) is 10.8. The van der Waals surface area contributed by atoms with Gasteiger partial charge in [-0.25, -0.2) is 0 Å². The first-order valence-electron chi connectivity index (χ1n) is 4.37. The lowest BCUT2D eigenvalue weighted by Gasteiger charge is -2.06. The molecule has 3 nitrogen and oxygen atoms in total. The third-order valence-corrected chi connectivity index (χ3v) is 2.83. The number of hydrogen-bond acceptors (Lipinski definition) is 2. The van der Waals surface area contributed by atoms with Gasteiger partial charge in [0.1, 0.15) is 0 Å². The Bertz CT molecular complexity index is 481. The van der Waals surface area contributed by atoms with Crippen molar-refractivity contribution in [2.45, 2.75) is 6.54 Å². The molecule has 0 aliphatic carbocycles. The Balaban J connectivity index is 2.27. The molecule has 0 amide bonds. The predicted molar refractivity (Wildman–Crippen MR) is 69.9 cm³/mol. The summed E-state index contributed by atoms with van der Waals surface area (Å²) < 4.78 is 2.94. The molecule has 0 saturated carbocycles. The van der Waals surface area contributed by atoms with E-state index in [1.165, 1.54) is 0 Å². The van der Waals surface area contributed by atoms with E-state index in [0.717, 1.165) is 14.8 Å². The molecular formula is C10H9ClIN3. The summed E-state index contributed by atoms with van der Waals surface area (Å²) in [6, 6.07) is 5.46. The monoisotopic (exact) mass is 333 g/mol. The van der Waals surface area contributed by atoms with Crippen LogP contribution in [0, 0.1) is 3.57 Å². The number of benzene rings is 1. The molecule has 2 N–H and O–H groups in total. The maximum Gasteiger partial charge on any atom is 0.0680 e. The van der Waals surface area contributed by atoms with Gasteiger partial charge in [0.05, 0.1) is 16.3 Å². The molecule has 1 heterocycles. The second-order valence-corrected chi connectivity index (χ2v) is 4.88. The van der Waals surface area contributed by atoms with Crippen LogP contribution in [0.1, 0.15) is 5.56 Å². The summed E-state index contributed by atoms with van der Waals surface area (Å²) in [5.74, 6) is 0. The van der Waals surface area contributed by atoms with Crippen molar-refractivity contribution in [1.82, 2.24) is 9.78 Å². The molecule has 0 spiro atoms. The van der Waals surface area contributed by atoms with Crippen LogP contribution in [0.4, 0.5) is 5.69 Å². The Hall–Kier alpha value is -0.750. The summed E-state index contributed by atoms with van der Waals surface area (Å²) >= 11 is 8.12. The highest BCUT2D eigenvalue weighted by Gasteiger charge is 2.02. The average molecular weight is 334 g/mol. The van der Waals surface area contributed by atoms with Gasteiger partial charge in [0, 0.05) is 16.9 Å². The molecule has 78 valence electrons. The highest BCUT2D eigenvalue weighted by atomic mass is 127. The van der Waals surface area contributed by atoms with Crippen molar-refractivity contribution in [1.29, 1.82) is 0 Å². The molecule has 0 aliphatic heterocycles. The molecule has 0 fully saturated rings. The lowest BCUT2D eigenvalue weighted by Crippen LogP contribution is -2.03. The van der Waals surface area contributed by atoms with Crippen LogP contribution in [0.3, 0.4) is 0 Å². The molecule has 0 unspecified atom stereocenters. The third-order valence-electron chi connectivity index (χ3n) is 2.04. The Morgan fingerprint density at radius 1 is 1.47 bits per heavy atom. The maximum atomic E-state index is 5.90. The standard InChI is InChI=1S/C10H9ClIN3/c11-8-1-2-10(13)7(3-8)5-15-6-9(12)4-14-15/h1-4,6H,5,13H2. The minimum absolute atomic E-state index is 0.648. The lowest BCUT2D eigenvalue weighted by atomic mass is 10.2. The highest BCUT2D eigenvalue weighted by Crippen LogP contribution is 2.18. The average Bonchev–Trinajstić information content (AvgIpc) is 2.58. The molecule has 0 bridgehead atoms. The smallest absolute Gasteiger partial charge is 0.0680 e. The van der Waals surface area contributed by atoms with Gasteiger partial charge in [0.15, 0.2) is 0 Å². The van der Waals surface area contributed by atoms with Crippen LogP contribution in [0.15, 0.2) is 30.6 Å². The summed E-state index contributed by atoms with van der Waals surface area (Å²) in [6.45, 7) is 0.648. The lowest BCUT2D eigenvalue weighted by molar-refractivity contribution is 0.688. The van der Waals surface area contributed by atoms with Crippen molar-refractivity contribution >= 4 is 39.9 Å². The molecule has 2 rings (SSSR count). The number of nitrogen functional groups attached to an aromatic ring is 1. The summed E-state index contributed by atoms with van der Waals surface area (Å²) in [5.41, 5.74) is 7.57. The van der Waals surface area contributed by atoms with Crippen LogP contribution < -0.4 is 5.73 Å². The number of nitrogens with zero attached hydrogens (tertiary/aromatic N) is 2. The number of nitrogens with two attached hydrogens (primary N) is 1. The topological polar surface area (TPSA) is 43.8 Å². The number of halogens is 2. The molecule has 1 aromatic heterocycles. The Morgan fingerprint density at radius 3 is 2.93 bits per heavy atom. The van der Waals surface area contributed by atoms with Gasteiger partial charge in [0.2, 0.25) is 0 Å². The molecule has 15 heavy (non-hydrogen) atoms. The van der Waals surface area contributed by atoms with Gasteiger partial charge in [0.25, 0.3) is 0 Å². The van der Waals surface area contributed by atoms with Crippen molar-refractivity contribution < 1.29 is 0 Å². The van der Waals surface area contributed by atoms with Crippen molar-refractivity contribution in [2.75, 3.05) is 5.73 Å². The molecule has 0 radical (unpaired) electrons.